The van der Waals surface area contributed by atoms with Gasteiger partial charge in [0.1, 0.15) is 5.76 Å². The Balaban J connectivity index is 1.96. The molecule has 0 saturated heterocycles. The molecular formula is C15H14N2O4S. The highest BCUT2D eigenvalue weighted by Gasteiger charge is 2.15. The molecule has 0 atom stereocenters. The number of hydrogen-bond acceptors (Lipinski definition) is 4. The van der Waals surface area contributed by atoms with Crippen molar-refractivity contribution in [3.63, 3.8) is 0 Å². The maximum Gasteiger partial charge on any atom is 0.248 e. The predicted molar refractivity (Wildman–Crippen MR) is 82.0 cm³/mol. The number of rotatable bonds is 4. The maximum atomic E-state index is 12.3. The average molecular weight is 318 g/mol. The van der Waals surface area contributed by atoms with E-state index in [2.05, 4.69) is 9.71 Å². The first-order valence-electron chi connectivity index (χ1n) is 6.61. The summed E-state index contributed by atoms with van der Waals surface area (Å²) in [7, 11) is -3.66. The number of benzene rings is 1. The van der Waals surface area contributed by atoms with E-state index in [1.54, 1.807) is 31.2 Å². The van der Waals surface area contributed by atoms with Crippen molar-refractivity contribution in [3.05, 3.63) is 64.3 Å². The van der Waals surface area contributed by atoms with Gasteiger partial charge in [0.15, 0.2) is 0 Å². The van der Waals surface area contributed by atoms with Crippen molar-refractivity contribution in [2.45, 2.75) is 18.4 Å². The highest BCUT2D eigenvalue weighted by molar-refractivity contribution is 7.89. The Labute approximate surface area is 126 Å². The van der Waals surface area contributed by atoms with Gasteiger partial charge in [0.25, 0.3) is 0 Å². The van der Waals surface area contributed by atoms with Crippen LogP contribution >= 0.6 is 0 Å². The number of pyridine rings is 1. The van der Waals surface area contributed by atoms with Crippen molar-refractivity contribution < 1.29 is 12.8 Å². The molecule has 22 heavy (non-hydrogen) atoms. The van der Waals surface area contributed by atoms with Gasteiger partial charge in [-0.2, -0.15) is 0 Å². The second kappa shape index (κ2) is 5.43. The SMILES string of the molecule is Cc1cc(=O)[nH]c2ccc(S(=O)(=O)NCc3ccco3)cc12. The van der Waals surface area contributed by atoms with Crippen molar-refractivity contribution in [2.75, 3.05) is 0 Å². The van der Waals surface area contributed by atoms with Crippen LogP contribution < -0.4 is 10.3 Å². The van der Waals surface area contributed by atoms with Gasteiger partial charge in [-0.3, -0.25) is 4.79 Å². The summed E-state index contributed by atoms with van der Waals surface area (Å²) in [5.41, 5.74) is 1.12. The van der Waals surface area contributed by atoms with Crippen molar-refractivity contribution in [2.24, 2.45) is 0 Å². The molecular weight excluding hydrogens is 304 g/mol. The normalized spacial score (nSPS) is 11.9. The Bertz CT molecular complexity index is 972. The number of aromatic nitrogens is 1. The standard InChI is InChI=1S/C15H14N2O4S/c1-10-7-15(18)17-14-5-4-12(8-13(10)14)22(19,20)16-9-11-3-2-6-21-11/h2-8,16H,9H2,1H3,(H,17,18). The fourth-order valence-electron chi connectivity index (χ4n) is 2.23. The zero-order chi connectivity index (χ0) is 15.7. The second-order valence-corrected chi connectivity index (χ2v) is 6.69. The van der Waals surface area contributed by atoms with E-state index in [4.69, 9.17) is 4.42 Å². The van der Waals surface area contributed by atoms with Gasteiger partial charge in [0.2, 0.25) is 15.6 Å². The molecule has 0 fully saturated rings. The minimum absolute atomic E-state index is 0.0813. The lowest BCUT2D eigenvalue weighted by molar-refractivity contribution is 0.498. The molecule has 3 rings (SSSR count). The molecule has 3 aromatic rings. The molecule has 0 aliphatic rings. The summed E-state index contributed by atoms with van der Waals surface area (Å²) in [6, 6.07) is 9.42. The van der Waals surface area contributed by atoms with E-state index in [1.165, 1.54) is 18.4 Å². The lowest BCUT2D eigenvalue weighted by Gasteiger charge is -2.08. The van der Waals surface area contributed by atoms with Gasteiger partial charge in [-0.25, -0.2) is 13.1 Å². The third kappa shape index (κ3) is 2.81. The molecule has 114 valence electrons. The summed E-state index contributed by atoms with van der Waals surface area (Å²) < 4.78 is 32.2. The van der Waals surface area contributed by atoms with E-state index < -0.39 is 10.0 Å². The first kappa shape index (κ1) is 14.6. The molecule has 0 bridgehead atoms. The van der Waals surface area contributed by atoms with Crippen molar-refractivity contribution in [1.82, 2.24) is 9.71 Å². The van der Waals surface area contributed by atoms with Crippen LogP contribution in [0.25, 0.3) is 10.9 Å². The van der Waals surface area contributed by atoms with Crippen LogP contribution in [0.2, 0.25) is 0 Å². The molecule has 0 aliphatic heterocycles. The van der Waals surface area contributed by atoms with Crippen LogP contribution in [-0.2, 0) is 16.6 Å². The highest BCUT2D eigenvalue weighted by Crippen LogP contribution is 2.19. The topological polar surface area (TPSA) is 92.2 Å². The lowest BCUT2D eigenvalue weighted by Crippen LogP contribution is -2.23. The number of hydrogen-bond donors (Lipinski definition) is 2. The molecule has 7 heteroatoms. The van der Waals surface area contributed by atoms with E-state index in [-0.39, 0.29) is 17.0 Å². The summed E-state index contributed by atoms with van der Waals surface area (Å²) in [4.78, 5) is 14.2. The molecule has 0 amide bonds. The smallest absolute Gasteiger partial charge is 0.248 e. The van der Waals surface area contributed by atoms with Crippen LogP contribution in [0.5, 0.6) is 0 Å². The average Bonchev–Trinajstić information content (AvgIpc) is 2.98. The summed E-state index contributed by atoms with van der Waals surface area (Å²) in [5, 5.41) is 0.695. The third-order valence-corrected chi connectivity index (χ3v) is 4.75. The largest absolute Gasteiger partial charge is 0.468 e. The Morgan fingerprint density at radius 2 is 2.05 bits per heavy atom. The Morgan fingerprint density at radius 3 is 2.77 bits per heavy atom. The quantitative estimate of drug-likeness (QED) is 0.768. The summed E-state index contributed by atoms with van der Waals surface area (Å²) in [6.45, 7) is 1.85. The van der Waals surface area contributed by atoms with Crippen LogP contribution in [0.1, 0.15) is 11.3 Å². The molecule has 0 unspecified atom stereocenters. The lowest BCUT2D eigenvalue weighted by atomic mass is 10.1. The summed E-state index contributed by atoms with van der Waals surface area (Å²) in [6.07, 6.45) is 1.49. The van der Waals surface area contributed by atoms with E-state index in [1.807, 2.05) is 0 Å². The van der Waals surface area contributed by atoms with Gasteiger partial charge in [-0.15, -0.1) is 0 Å². The molecule has 0 radical (unpaired) electrons. The number of H-pyrrole nitrogens is 1. The van der Waals surface area contributed by atoms with Gasteiger partial charge >= 0.3 is 0 Å². The van der Waals surface area contributed by atoms with E-state index in [0.29, 0.717) is 16.7 Å². The molecule has 2 N–H and O–H groups in total. The molecule has 6 nitrogen and oxygen atoms in total. The number of furan rings is 1. The van der Waals surface area contributed by atoms with Crippen LogP contribution in [-0.4, -0.2) is 13.4 Å². The predicted octanol–water partition coefficient (Wildman–Crippen LogP) is 1.91. The number of aromatic amines is 1. The fourth-order valence-corrected chi connectivity index (χ4v) is 3.25. The maximum absolute atomic E-state index is 12.3. The fraction of sp³-hybridized carbons (Fsp3) is 0.133. The van der Waals surface area contributed by atoms with Gasteiger partial charge in [0, 0.05) is 17.0 Å². The van der Waals surface area contributed by atoms with Gasteiger partial charge in [0.05, 0.1) is 17.7 Å². The Morgan fingerprint density at radius 1 is 1.23 bits per heavy atom. The molecule has 1 aromatic carbocycles. The van der Waals surface area contributed by atoms with Crippen molar-refractivity contribution in [1.29, 1.82) is 0 Å². The van der Waals surface area contributed by atoms with E-state index in [0.717, 1.165) is 5.56 Å². The molecule has 0 spiro atoms. The monoisotopic (exact) mass is 318 g/mol. The molecule has 0 saturated carbocycles. The number of nitrogens with one attached hydrogen (secondary N) is 2. The first-order valence-corrected chi connectivity index (χ1v) is 8.10. The van der Waals surface area contributed by atoms with Crippen molar-refractivity contribution in [3.8, 4) is 0 Å². The minimum atomic E-state index is -3.66. The van der Waals surface area contributed by atoms with Gasteiger partial charge in [-0.05, 0) is 42.8 Å². The van der Waals surface area contributed by atoms with E-state index in [9.17, 15) is 13.2 Å². The van der Waals surface area contributed by atoms with Gasteiger partial charge < -0.3 is 9.40 Å². The van der Waals surface area contributed by atoms with Crippen LogP contribution in [0.3, 0.4) is 0 Å². The van der Waals surface area contributed by atoms with Crippen LogP contribution in [0.15, 0.2) is 56.8 Å². The summed E-state index contributed by atoms with van der Waals surface area (Å²) in [5.74, 6) is 0.532. The Kier molecular flexibility index (Phi) is 3.59. The summed E-state index contributed by atoms with van der Waals surface area (Å²) >= 11 is 0. The van der Waals surface area contributed by atoms with Gasteiger partial charge in [-0.1, -0.05) is 0 Å². The van der Waals surface area contributed by atoms with Crippen molar-refractivity contribution >= 4 is 20.9 Å². The van der Waals surface area contributed by atoms with Crippen LogP contribution in [0.4, 0.5) is 0 Å². The zero-order valence-corrected chi connectivity index (χ0v) is 12.6. The van der Waals surface area contributed by atoms with E-state index >= 15 is 0 Å². The Hall–Kier alpha value is -2.38. The molecule has 0 aliphatic carbocycles. The van der Waals surface area contributed by atoms with Crippen LogP contribution in [0, 0.1) is 6.92 Å². The zero-order valence-electron chi connectivity index (χ0n) is 11.8. The first-order chi connectivity index (χ1) is 10.5. The second-order valence-electron chi connectivity index (χ2n) is 4.93. The number of fused-ring (bicyclic) bond motifs is 1. The molecule has 2 aromatic heterocycles. The minimum Gasteiger partial charge on any atom is -0.468 e. The molecule has 2 heterocycles. The number of sulfonamides is 1. The third-order valence-electron chi connectivity index (χ3n) is 3.35. The number of aryl methyl sites for hydroxylation is 1. The highest BCUT2D eigenvalue weighted by atomic mass is 32.2.